The third-order valence-corrected chi connectivity index (χ3v) is 7.08. The van der Waals surface area contributed by atoms with Crippen LogP contribution in [0.15, 0.2) is 47.8 Å². The van der Waals surface area contributed by atoms with Gasteiger partial charge >= 0.3 is 0 Å². The summed E-state index contributed by atoms with van der Waals surface area (Å²) in [6.07, 6.45) is 4.44. The van der Waals surface area contributed by atoms with E-state index in [-0.39, 0.29) is 5.91 Å². The maximum absolute atomic E-state index is 13.5. The minimum absolute atomic E-state index is 0.110. The number of benzene rings is 1. The summed E-state index contributed by atoms with van der Waals surface area (Å²) < 4.78 is 2.31. The second-order valence-corrected chi connectivity index (χ2v) is 9.24. The van der Waals surface area contributed by atoms with Crippen LogP contribution >= 0.6 is 11.3 Å². The number of carbonyl (C=O) groups is 1. The fourth-order valence-corrected chi connectivity index (χ4v) is 5.33. The average molecular weight is 421 g/mol. The molecule has 0 atom stereocenters. The first-order valence-electron chi connectivity index (χ1n) is 11.0. The van der Waals surface area contributed by atoms with Gasteiger partial charge in [-0.15, -0.1) is 11.3 Å². The number of hydrogen-bond donors (Lipinski definition) is 0. The first-order chi connectivity index (χ1) is 14.8. The Bertz CT molecular complexity index is 988. The minimum atomic E-state index is 0.110. The van der Waals surface area contributed by atoms with E-state index in [1.54, 1.807) is 11.3 Å². The molecular formula is C24H28N4OS. The van der Waals surface area contributed by atoms with Gasteiger partial charge < -0.3 is 9.47 Å². The molecule has 2 aliphatic heterocycles. The molecule has 2 aromatic heterocycles. The second-order valence-electron chi connectivity index (χ2n) is 8.21. The van der Waals surface area contributed by atoms with Gasteiger partial charge in [0.25, 0.3) is 5.91 Å². The molecule has 6 heteroatoms. The number of imidazole rings is 1. The van der Waals surface area contributed by atoms with Crippen LogP contribution in [0.4, 0.5) is 0 Å². The van der Waals surface area contributed by atoms with Crippen molar-refractivity contribution in [2.24, 2.45) is 0 Å². The molecule has 30 heavy (non-hydrogen) atoms. The van der Waals surface area contributed by atoms with Gasteiger partial charge in [-0.1, -0.05) is 42.8 Å². The molecule has 0 bridgehead atoms. The summed E-state index contributed by atoms with van der Waals surface area (Å²) in [7, 11) is 0. The molecule has 1 amide bonds. The van der Waals surface area contributed by atoms with E-state index < -0.39 is 0 Å². The van der Waals surface area contributed by atoms with E-state index in [0.29, 0.717) is 5.69 Å². The predicted octanol–water partition coefficient (Wildman–Crippen LogP) is 4.30. The lowest BCUT2D eigenvalue weighted by molar-refractivity contribution is 0.0623. The van der Waals surface area contributed by atoms with Gasteiger partial charge in [0.1, 0.15) is 11.5 Å². The number of thiophene rings is 1. The van der Waals surface area contributed by atoms with Crippen molar-refractivity contribution in [1.29, 1.82) is 0 Å². The summed E-state index contributed by atoms with van der Waals surface area (Å²) >= 11 is 1.80. The summed E-state index contributed by atoms with van der Waals surface area (Å²) in [5.74, 6) is 1.06. The fraction of sp³-hybridized carbons (Fsp3) is 0.417. The van der Waals surface area contributed by atoms with Crippen molar-refractivity contribution in [1.82, 2.24) is 19.4 Å². The number of hydrogen-bond acceptors (Lipinski definition) is 4. The standard InChI is InChI=1S/C24H28N4OS/c29-24(27-15-13-26(14-16-27)18-20-10-7-17-30-20)22-21-11-5-2-6-12-28(21)23(25-22)19-8-3-1-4-9-19/h1,3-4,7-10,17H,2,5-6,11-16,18H2. The van der Waals surface area contributed by atoms with Crippen LogP contribution in [-0.4, -0.2) is 51.4 Å². The van der Waals surface area contributed by atoms with Crippen LogP contribution in [0.25, 0.3) is 11.4 Å². The molecule has 0 N–H and O–H groups in total. The number of piperazine rings is 1. The Balaban J connectivity index is 1.36. The van der Waals surface area contributed by atoms with Gasteiger partial charge in [-0.25, -0.2) is 4.98 Å². The molecule has 1 aromatic carbocycles. The third kappa shape index (κ3) is 3.94. The molecule has 5 rings (SSSR count). The van der Waals surface area contributed by atoms with Crippen molar-refractivity contribution in [3.8, 4) is 11.4 Å². The van der Waals surface area contributed by atoms with Crippen molar-refractivity contribution in [2.45, 2.75) is 38.8 Å². The molecule has 0 spiro atoms. The van der Waals surface area contributed by atoms with E-state index in [4.69, 9.17) is 4.98 Å². The smallest absolute Gasteiger partial charge is 0.274 e. The molecule has 1 fully saturated rings. The Labute approximate surface area is 182 Å². The molecule has 3 aromatic rings. The summed E-state index contributed by atoms with van der Waals surface area (Å²) in [4.78, 5) is 24.2. The maximum atomic E-state index is 13.5. The van der Waals surface area contributed by atoms with Gasteiger partial charge in [-0.3, -0.25) is 9.69 Å². The van der Waals surface area contributed by atoms with Gasteiger partial charge in [-0.05, 0) is 30.7 Å². The molecular weight excluding hydrogens is 392 g/mol. The van der Waals surface area contributed by atoms with E-state index in [0.717, 1.165) is 75.6 Å². The quantitative estimate of drug-likeness (QED) is 0.632. The van der Waals surface area contributed by atoms with Gasteiger partial charge in [0, 0.05) is 49.7 Å². The highest BCUT2D eigenvalue weighted by molar-refractivity contribution is 7.09. The largest absolute Gasteiger partial charge is 0.335 e. The molecule has 156 valence electrons. The SMILES string of the molecule is O=C(c1nc(-c2ccccc2)n2c1CCCCC2)N1CCN(Cc2cccs2)CC1. The number of carbonyl (C=O) groups excluding carboxylic acids is 1. The van der Waals surface area contributed by atoms with Crippen molar-refractivity contribution in [3.63, 3.8) is 0 Å². The average Bonchev–Trinajstić information content (AvgIpc) is 3.36. The van der Waals surface area contributed by atoms with E-state index in [1.165, 1.54) is 11.3 Å². The van der Waals surface area contributed by atoms with Crippen LogP contribution in [-0.2, 0) is 19.5 Å². The molecule has 0 radical (unpaired) electrons. The monoisotopic (exact) mass is 420 g/mol. The van der Waals surface area contributed by atoms with Crippen LogP contribution in [0.5, 0.6) is 0 Å². The lowest BCUT2D eigenvalue weighted by Crippen LogP contribution is -2.48. The Morgan fingerprint density at radius 1 is 0.933 bits per heavy atom. The zero-order chi connectivity index (χ0) is 20.3. The number of amides is 1. The normalized spacial score (nSPS) is 17.5. The van der Waals surface area contributed by atoms with Gasteiger partial charge in [-0.2, -0.15) is 0 Å². The Morgan fingerprint density at radius 3 is 2.53 bits per heavy atom. The Kier molecular flexibility index (Phi) is 5.69. The van der Waals surface area contributed by atoms with Crippen molar-refractivity contribution >= 4 is 17.2 Å². The van der Waals surface area contributed by atoms with Crippen molar-refractivity contribution in [3.05, 3.63) is 64.1 Å². The van der Waals surface area contributed by atoms with Crippen molar-refractivity contribution in [2.75, 3.05) is 26.2 Å². The second kappa shape index (κ2) is 8.74. The highest BCUT2D eigenvalue weighted by Gasteiger charge is 2.29. The lowest BCUT2D eigenvalue weighted by Gasteiger charge is -2.34. The van der Waals surface area contributed by atoms with Crippen LogP contribution in [0.1, 0.15) is 40.3 Å². The fourth-order valence-electron chi connectivity index (χ4n) is 4.58. The molecule has 0 saturated carbocycles. The number of fused-ring (bicyclic) bond motifs is 1. The highest BCUT2D eigenvalue weighted by Crippen LogP contribution is 2.28. The van der Waals surface area contributed by atoms with Gasteiger partial charge in [0.15, 0.2) is 0 Å². The summed E-state index contributed by atoms with van der Waals surface area (Å²) in [6, 6.07) is 14.6. The van der Waals surface area contributed by atoms with Crippen LogP contribution in [0.3, 0.4) is 0 Å². The van der Waals surface area contributed by atoms with Gasteiger partial charge in [0.05, 0.1) is 5.69 Å². The first-order valence-corrected chi connectivity index (χ1v) is 11.9. The Hall–Kier alpha value is -2.44. The minimum Gasteiger partial charge on any atom is -0.335 e. The van der Waals surface area contributed by atoms with Crippen molar-refractivity contribution < 1.29 is 4.79 Å². The molecule has 5 nitrogen and oxygen atoms in total. The molecule has 1 saturated heterocycles. The first kappa shape index (κ1) is 19.5. The van der Waals surface area contributed by atoms with E-state index >= 15 is 0 Å². The number of nitrogens with zero attached hydrogens (tertiary/aromatic N) is 4. The number of rotatable bonds is 4. The maximum Gasteiger partial charge on any atom is 0.274 e. The van der Waals surface area contributed by atoms with Gasteiger partial charge in [0.2, 0.25) is 0 Å². The summed E-state index contributed by atoms with van der Waals surface area (Å²) in [5, 5.41) is 2.13. The zero-order valence-electron chi connectivity index (χ0n) is 17.3. The summed E-state index contributed by atoms with van der Waals surface area (Å²) in [5.41, 5.74) is 2.92. The summed E-state index contributed by atoms with van der Waals surface area (Å²) in [6.45, 7) is 5.33. The van der Waals surface area contributed by atoms with E-state index in [2.05, 4.69) is 39.1 Å². The van der Waals surface area contributed by atoms with E-state index in [1.807, 2.05) is 23.1 Å². The molecule has 2 aliphatic rings. The Morgan fingerprint density at radius 2 is 1.77 bits per heavy atom. The molecule has 4 heterocycles. The topological polar surface area (TPSA) is 41.4 Å². The zero-order valence-corrected chi connectivity index (χ0v) is 18.1. The molecule has 0 unspecified atom stereocenters. The third-order valence-electron chi connectivity index (χ3n) is 6.22. The number of aromatic nitrogens is 2. The van der Waals surface area contributed by atoms with E-state index in [9.17, 15) is 4.79 Å². The predicted molar refractivity (Wildman–Crippen MR) is 121 cm³/mol. The van der Waals surface area contributed by atoms with Crippen LogP contribution in [0, 0.1) is 0 Å². The van der Waals surface area contributed by atoms with Crippen LogP contribution in [0.2, 0.25) is 0 Å². The van der Waals surface area contributed by atoms with Crippen LogP contribution < -0.4 is 0 Å². The lowest BCUT2D eigenvalue weighted by atomic mass is 10.1. The highest BCUT2D eigenvalue weighted by atomic mass is 32.1. The molecule has 0 aliphatic carbocycles.